The van der Waals surface area contributed by atoms with E-state index in [0.29, 0.717) is 11.3 Å². The maximum atomic E-state index is 7.40. The number of rotatable bonds is 2. The van der Waals surface area contributed by atoms with Gasteiger partial charge in [-0.05, 0) is 36.0 Å². The SMILES string of the molecule is [2H]C([2H])([2H])c1cnc(C=C)cc1C(C)C. The van der Waals surface area contributed by atoms with Crippen molar-refractivity contribution >= 4 is 6.08 Å². The summed E-state index contributed by atoms with van der Waals surface area (Å²) < 4.78 is 22.2. The van der Waals surface area contributed by atoms with E-state index in [1.54, 1.807) is 12.1 Å². The third-order valence-corrected chi connectivity index (χ3v) is 1.79. The summed E-state index contributed by atoms with van der Waals surface area (Å²) in [5, 5.41) is 0. The second-order valence-electron chi connectivity index (χ2n) is 3.06. The molecule has 0 atom stereocenters. The molecule has 0 bridgehead atoms. The van der Waals surface area contributed by atoms with Gasteiger partial charge in [-0.15, -0.1) is 0 Å². The highest BCUT2D eigenvalue weighted by molar-refractivity contribution is 5.44. The van der Waals surface area contributed by atoms with E-state index in [-0.39, 0.29) is 5.92 Å². The Morgan fingerprint density at radius 3 is 2.92 bits per heavy atom. The van der Waals surface area contributed by atoms with Gasteiger partial charge in [0.15, 0.2) is 0 Å². The maximum absolute atomic E-state index is 7.40. The Kier molecular flexibility index (Phi) is 1.62. The van der Waals surface area contributed by atoms with Crippen LogP contribution < -0.4 is 0 Å². The lowest BCUT2D eigenvalue weighted by Crippen LogP contribution is -1.94. The Morgan fingerprint density at radius 1 is 1.67 bits per heavy atom. The van der Waals surface area contributed by atoms with Gasteiger partial charge in [-0.2, -0.15) is 0 Å². The molecule has 0 amide bonds. The number of hydrogen-bond donors (Lipinski definition) is 0. The molecule has 0 saturated heterocycles. The first-order valence-corrected chi connectivity index (χ1v) is 3.99. The number of pyridine rings is 1. The smallest absolute Gasteiger partial charge is 0.0626 e. The first-order chi connectivity index (χ1) is 6.86. The molecule has 0 aliphatic heterocycles. The molecule has 1 aromatic rings. The van der Waals surface area contributed by atoms with E-state index in [4.69, 9.17) is 4.11 Å². The van der Waals surface area contributed by atoms with Crippen LogP contribution in [0.3, 0.4) is 0 Å². The third-order valence-electron chi connectivity index (χ3n) is 1.79. The van der Waals surface area contributed by atoms with Gasteiger partial charge >= 0.3 is 0 Å². The van der Waals surface area contributed by atoms with Crippen molar-refractivity contribution in [3.05, 3.63) is 35.7 Å². The molecule has 0 N–H and O–H groups in total. The minimum atomic E-state index is -2.09. The number of aryl methyl sites for hydroxylation is 1. The predicted octanol–water partition coefficient (Wildman–Crippen LogP) is 3.16. The van der Waals surface area contributed by atoms with Gasteiger partial charge in [0.25, 0.3) is 0 Å². The van der Waals surface area contributed by atoms with Crippen LogP contribution in [0.1, 0.15) is 40.7 Å². The van der Waals surface area contributed by atoms with Gasteiger partial charge in [0, 0.05) is 10.3 Å². The summed E-state index contributed by atoms with van der Waals surface area (Å²) in [5.41, 5.74) is 1.87. The fourth-order valence-electron chi connectivity index (χ4n) is 1.08. The standard InChI is InChI=1S/C11H15N/c1-5-10-6-11(8(2)3)9(4)7-12-10/h5-8H,1H2,2-4H3/i4D3. The summed E-state index contributed by atoms with van der Waals surface area (Å²) in [7, 11) is 0. The number of nitrogens with zero attached hydrogens (tertiary/aromatic N) is 1. The summed E-state index contributed by atoms with van der Waals surface area (Å²) in [5.74, 6) is 0.169. The van der Waals surface area contributed by atoms with Gasteiger partial charge in [-0.1, -0.05) is 20.4 Å². The molecule has 64 valence electrons. The first kappa shape index (κ1) is 5.52. The minimum absolute atomic E-state index is 0.169. The van der Waals surface area contributed by atoms with E-state index in [1.165, 1.54) is 6.20 Å². The molecule has 1 heterocycles. The average molecular weight is 164 g/mol. The van der Waals surface area contributed by atoms with Gasteiger partial charge < -0.3 is 0 Å². The van der Waals surface area contributed by atoms with Crippen LogP contribution >= 0.6 is 0 Å². The van der Waals surface area contributed by atoms with Crippen LogP contribution in [0.4, 0.5) is 0 Å². The molecule has 12 heavy (non-hydrogen) atoms. The highest BCUT2D eigenvalue weighted by Gasteiger charge is 2.03. The lowest BCUT2D eigenvalue weighted by Gasteiger charge is -2.09. The Hall–Kier alpha value is -1.11. The van der Waals surface area contributed by atoms with Crippen molar-refractivity contribution in [3.8, 4) is 0 Å². The first-order valence-electron chi connectivity index (χ1n) is 5.49. The Balaban J connectivity index is 3.34. The molecule has 0 saturated carbocycles. The van der Waals surface area contributed by atoms with Crippen molar-refractivity contribution in [3.63, 3.8) is 0 Å². The van der Waals surface area contributed by atoms with E-state index >= 15 is 0 Å². The molecule has 1 rings (SSSR count). The largest absolute Gasteiger partial charge is 0.257 e. The van der Waals surface area contributed by atoms with Gasteiger partial charge in [0.05, 0.1) is 5.69 Å². The quantitative estimate of drug-likeness (QED) is 0.654. The molecule has 0 aliphatic rings. The minimum Gasteiger partial charge on any atom is -0.257 e. The van der Waals surface area contributed by atoms with Crippen LogP contribution in [-0.2, 0) is 0 Å². The molecule has 0 fully saturated rings. The van der Waals surface area contributed by atoms with Gasteiger partial charge in [0.1, 0.15) is 0 Å². The molecule has 1 heteroatoms. The van der Waals surface area contributed by atoms with Crippen LogP contribution in [0, 0.1) is 6.85 Å². The molecular weight excluding hydrogens is 146 g/mol. The lowest BCUT2D eigenvalue weighted by molar-refractivity contribution is 0.851. The topological polar surface area (TPSA) is 12.9 Å². The predicted molar refractivity (Wildman–Crippen MR) is 53.2 cm³/mol. The molecule has 0 aliphatic carbocycles. The molecule has 0 unspecified atom stereocenters. The van der Waals surface area contributed by atoms with Crippen LogP contribution in [0.2, 0.25) is 0 Å². The highest BCUT2D eigenvalue weighted by Crippen LogP contribution is 2.18. The summed E-state index contributed by atoms with van der Waals surface area (Å²) >= 11 is 0. The number of aromatic nitrogens is 1. The van der Waals surface area contributed by atoms with Crippen molar-refractivity contribution in [2.75, 3.05) is 0 Å². The zero-order chi connectivity index (χ0) is 11.6. The van der Waals surface area contributed by atoms with Crippen molar-refractivity contribution < 1.29 is 4.11 Å². The van der Waals surface area contributed by atoms with E-state index in [1.807, 2.05) is 13.8 Å². The van der Waals surface area contributed by atoms with E-state index < -0.39 is 6.85 Å². The number of hydrogen-bond acceptors (Lipinski definition) is 1. The van der Waals surface area contributed by atoms with Crippen LogP contribution in [0.15, 0.2) is 18.8 Å². The molecular formula is C11H15N. The summed E-state index contributed by atoms with van der Waals surface area (Å²) in [4.78, 5) is 4.03. The zero-order valence-corrected chi connectivity index (χ0v) is 7.46. The lowest BCUT2D eigenvalue weighted by atomic mass is 9.99. The molecule has 0 spiro atoms. The monoisotopic (exact) mass is 164 g/mol. The zero-order valence-electron chi connectivity index (χ0n) is 10.5. The van der Waals surface area contributed by atoms with E-state index in [2.05, 4.69) is 11.6 Å². The normalized spacial score (nSPS) is 15.1. The second kappa shape index (κ2) is 3.53. The highest BCUT2D eigenvalue weighted by atomic mass is 14.7. The summed E-state index contributed by atoms with van der Waals surface area (Å²) in [6, 6.07) is 1.79. The van der Waals surface area contributed by atoms with Crippen molar-refractivity contribution in [2.24, 2.45) is 0 Å². The van der Waals surface area contributed by atoms with Crippen LogP contribution in [-0.4, -0.2) is 4.98 Å². The fraction of sp³-hybridized carbons (Fsp3) is 0.364. The summed E-state index contributed by atoms with van der Waals surface area (Å²) in [6.45, 7) is 5.47. The average Bonchev–Trinajstić information content (AvgIpc) is 2.15. The van der Waals surface area contributed by atoms with Crippen molar-refractivity contribution in [2.45, 2.75) is 26.6 Å². The molecule has 1 nitrogen and oxygen atoms in total. The third kappa shape index (κ3) is 1.73. The second-order valence-corrected chi connectivity index (χ2v) is 3.06. The molecule has 0 radical (unpaired) electrons. The van der Waals surface area contributed by atoms with Crippen molar-refractivity contribution in [1.82, 2.24) is 4.98 Å². The van der Waals surface area contributed by atoms with E-state index in [9.17, 15) is 0 Å². The van der Waals surface area contributed by atoms with Gasteiger partial charge in [0.2, 0.25) is 0 Å². The van der Waals surface area contributed by atoms with Gasteiger partial charge in [-0.3, -0.25) is 4.98 Å². The maximum Gasteiger partial charge on any atom is 0.0626 e. The van der Waals surface area contributed by atoms with Crippen LogP contribution in [0.25, 0.3) is 6.08 Å². The molecule has 1 aromatic heterocycles. The molecule has 0 aromatic carbocycles. The van der Waals surface area contributed by atoms with E-state index in [0.717, 1.165) is 5.56 Å². The Labute approximate surface area is 78.4 Å². The van der Waals surface area contributed by atoms with Crippen molar-refractivity contribution in [1.29, 1.82) is 0 Å². The summed E-state index contributed by atoms with van der Waals surface area (Å²) in [6.07, 6.45) is 3.05. The fourth-order valence-corrected chi connectivity index (χ4v) is 1.08. The Morgan fingerprint density at radius 2 is 2.42 bits per heavy atom. The van der Waals surface area contributed by atoms with Crippen LogP contribution in [0.5, 0.6) is 0 Å². The van der Waals surface area contributed by atoms with Gasteiger partial charge in [-0.25, -0.2) is 0 Å². The Bertz CT molecular complexity index is 367.